The number of hydrogen-bond donors (Lipinski definition) is 1. The van der Waals surface area contributed by atoms with E-state index in [1.54, 1.807) is 12.1 Å². The number of thioether (sulfide) groups is 1. The van der Waals surface area contributed by atoms with Crippen LogP contribution in [0.1, 0.15) is 28.1 Å². The van der Waals surface area contributed by atoms with Crippen LogP contribution >= 0.6 is 23.4 Å². The molecule has 0 bridgehead atoms. The van der Waals surface area contributed by atoms with Crippen LogP contribution in [0, 0.1) is 20.8 Å². The number of benzene rings is 3. The zero-order valence-electron chi connectivity index (χ0n) is 22.8. The van der Waals surface area contributed by atoms with Crippen molar-refractivity contribution in [3.8, 4) is 11.4 Å². The molecule has 9 heteroatoms. The number of ether oxygens (including phenoxy) is 1. The predicted octanol–water partition coefficient (Wildman–Crippen LogP) is 7.31. The summed E-state index contributed by atoms with van der Waals surface area (Å²) < 4.78 is 7.98. The first kappa shape index (κ1) is 28.3. The van der Waals surface area contributed by atoms with Crippen LogP contribution in [-0.2, 0) is 16.2 Å². The molecule has 1 N–H and O–H groups in total. The van der Waals surface area contributed by atoms with Gasteiger partial charge in [0.25, 0.3) is 11.1 Å². The molecular formula is C32H28ClN3O4S. The van der Waals surface area contributed by atoms with E-state index in [0.717, 1.165) is 56.2 Å². The van der Waals surface area contributed by atoms with Gasteiger partial charge in [-0.15, -0.1) is 0 Å². The Morgan fingerprint density at radius 2 is 1.73 bits per heavy atom. The van der Waals surface area contributed by atoms with Gasteiger partial charge in [0, 0.05) is 33.3 Å². The third-order valence-electron chi connectivity index (χ3n) is 6.68. The second-order valence-electron chi connectivity index (χ2n) is 9.72. The van der Waals surface area contributed by atoms with Crippen molar-refractivity contribution < 1.29 is 19.1 Å². The number of rotatable bonds is 8. The Hall–Kier alpha value is -4.27. The van der Waals surface area contributed by atoms with Gasteiger partial charge in [0.2, 0.25) is 5.91 Å². The van der Waals surface area contributed by atoms with Crippen LogP contribution in [-0.4, -0.2) is 33.1 Å². The van der Waals surface area contributed by atoms with Gasteiger partial charge < -0.3 is 14.6 Å². The number of imide groups is 1. The number of halogens is 1. The Morgan fingerprint density at radius 3 is 2.46 bits per heavy atom. The molecule has 2 heterocycles. The summed E-state index contributed by atoms with van der Waals surface area (Å²) in [5.41, 5.74) is 6.15. The normalized spacial score (nSPS) is 14.1. The molecule has 0 atom stereocenters. The van der Waals surface area contributed by atoms with Crippen LogP contribution < -0.4 is 10.1 Å². The average Bonchev–Trinajstić information content (AvgIpc) is 3.37. The molecule has 0 radical (unpaired) electrons. The van der Waals surface area contributed by atoms with Gasteiger partial charge in [-0.1, -0.05) is 41.9 Å². The minimum absolute atomic E-state index is 0.280. The molecule has 0 spiro atoms. The summed E-state index contributed by atoms with van der Waals surface area (Å²) >= 11 is 7.06. The monoisotopic (exact) mass is 585 g/mol. The van der Waals surface area contributed by atoms with E-state index < -0.39 is 17.1 Å². The van der Waals surface area contributed by atoms with Gasteiger partial charge in [-0.25, -0.2) is 0 Å². The van der Waals surface area contributed by atoms with Crippen molar-refractivity contribution in [1.82, 2.24) is 9.47 Å². The Kier molecular flexibility index (Phi) is 8.33. The van der Waals surface area contributed by atoms with Crippen LogP contribution in [0.15, 0.2) is 83.8 Å². The van der Waals surface area contributed by atoms with Gasteiger partial charge in [-0.3, -0.25) is 19.3 Å². The van der Waals surface area contributed by atoms with Crippen molar-refractivity contribution in [1.29, 1.82) is 0 Å². The molecule has 4 aromatic rings. The lowest BCUT2D eigenvalue weighted by atomic mass is 10.2. The van der Waals surface area contributed by atoms with E-state index in [2.05, 4.69) is 9.88 Å². The number of carbonyl (C=O) groups excluding carboxylic acids is 3. The maximum absolute atomic E-state index is 13.1. The summed E-state index contributed by atoms with van der Waals surface area (Å²) in [5.74, 6) is -0.197. The summed E-state index contributed by atoms with van der Waals surface area (Å²) in [5, 5.41) is 2.94. The quantitative estimate of drug-likeness (QED) is 0.219. The van der Waals surface area contributed by atoms with E-state index in [9.17, 15) is 14.4 Å². The summed E-state index contributed by atoms with van der Waals surface area (Å²) in [6.45, 7) is 5.88. The number of aromatic nitrogens is 1. The SMILES string of the molecule is Cc1cccc(NC(=O)CN2C(=O)S/C(=C\c3cc(C)n(-c4ccc(OCc5ccccc5Cl)cc4)c3C)C2=O)c1. The number of nitrogens with one attached hydrogen (secondary N) is 1. The van der Waals surface area contributed by atoms with Crippen LogP contribution in [0.5, 0.6) is 5.75 Å². The second-order valence-corrected chi connectivity index (χ2v) is 11.1. The first-order valence-electron chi connectivity index (χ1n) is 13.0. The van der Waals surface area contributed by atoms with E-state index in [-0.39, 0.29) is 11.4 Å². The van der Waals surface area contributed by atoms with E-state index in [0.29, 0.717) is 17.3 Å². The van der Waals surface area contributed by atoms with E-state index >= 15 is 0 Å². The predicted molar refractivity (Wildman–Crippen MR) is 164 cm³/mol. The van der Waals surface area contributed by atoms with Crippen molar-refractivity contribution in [3.05, 3.63) is 117 Å². The van der Waals surface area contributed by atoms with Gasteiger partial charge in [-0.05, 0) is 98.3 Å². The molecule has 0 unspecified atom stereocenters. The lowest BCUT2D eigenvalue weighted by molar-refractivity contribution is -0.127. The summed E-state index contributed by atoms with van der Waals surface area (Å²) in [6.07, 6.45) is 1.71. The van der Waals surface area contributed by atoms with Crippen molar-refractivity contribution in [2.75, 3.05) is 11.9 Å². The molecule has 3 aromatic carbocycles. The minimum Gasteiger partial charge on any atom is -0.489 e. The van der Waals surface area contributed by atoms with Gasteiger partial charge in [0.05, 0.1) is 4.91 Å². The van der Waals surface area contributed by atoms with Crippen LogP contribution in [0.25, 0.3) is 11.8 Å². The molecule has 5 rings (SSSR count). The third kappa shape index (κ3) is 6.39. The average molecular weight is 586 g/mol. The standard InChI is InChI=1S/C32H28ClN3O4S/c1-20-7-6-9-25(15-20)34-30(37)18-35-31(38)29(41-32(35)39)17-24-16-21(2)36(22(24)3)26-11-13-27(14-12-26)40-19-23-8-4-5-10-28(23)33/h4-17H,18-19H2,1-3H3,(H,34,37)/b29-17-. The molecule has 1 aliphatic rings. The van der Waals surface area contributed by atoms with Gasteiger partial charge in [0.15, 0.2) is 0 Å². The summed E-state index contributed by atoms with van der Waals surface area (Å²) in [7, 11) is 0. The van der Waals surface area contributed by atoms with Crippen LogP contribution in [0.2, 0.25) is 5.02 Å². The molecule has 1 fully saturated rings. The highest BCUT2D eigenvalue weighted by atomic mass is 35.5. The van der Waals surface area contributed by atoms with Crippen molar-refractivity contribution in [3.63, 3.8) is 0 Å². The number of amides is 3. The van der Waals surface area contributed by atoms with E-state index in [1.807, 2.05) is 93.6 Å². The van der Waals surface area contributed by atoms with Crippen LogP contribution in [0.3, 0.4) is 0 Å². The number of carbonyl (C=O) groups is 3. The zero-order chi connectivity index (χ0) is 29.1. The Bertz CT molecular complexity index is 1680. The smallest absolute Gasteiger partial charge is 0.294 e. The van der Waals surface area contributed by atoms with E-state index in [1.165, 1.54) is 0 Å². The topological polar surface area (TPSA) is 80.6 Å². The highest BCUT2D eigenvalue weighted by molar-refractivity contribution is 8.18. The molecule has 3 amide bonds. The molecule has 7 nitrogen and oxygen atoms in total. The fourth-order valence-corrected chi connectivity index (χ4v) is 5.66. The van der Waals surface area contributed by atoms with Crippen LogP contribution in [0.4, 0.5) is 10.5 Å². The molecular weight excluding hydrogens is 558 g/mol. The molecule has 0 saturated carbocycles. The first-order chi connectivity index (χ1) is 19.7. The van der Waals surface area contributed by atoms with Gasteiger partial charge in [0.1, 0.15) is 18.9 Å². The maximum atomic E-state index is 13.1. The van der Waals surface area contributed by atoms with Crippen molar-refractivity contribution in [2.24, 2.45) is 0 Å². The number of hydrogen-bond acceptors (Lipinski definition) is 5. The number of anilines is 1. The third-order valence-corrected chi connectivity index (χ3v) is 7.96. The number of nitrogens with zero attached hydrogens (tertiary/aromatic N) is 2. The Morgan fingerprint density at radius 1 is 0.976 bits per heavy atom. The first-order valence-corrected chi connectivity index (χ1v) is 14.2. The molecule has 1 aliphatic heterocycles. The molecule has 1 aromatic heterocycles. The van der Waals surface area contributed by atoms with Crippen molar-refractivity contribution >= 4 is 52.2 Å². The lowest BCUT2D eigenvalue weighted by Gasteiger charge is -2.13. The maximum Gasteiger partial charge on any atom is 0.294 e. The largest absolute Gasteiger partial charge is 0.489 e. The van der Waals surface area contributed by atoms with Gasteiger partial charge >= 0.3 is 0 Å². The fraction of sp³-hybridized carbons (Fsp3) is 0.156. The van der Waals surface area contributed by atoms with Crippen molar-refractivity contribution in [2.45, 2.75) is 27.4 Å². The molecule has 0 aliphatic carbocycles. The number of aryl methyl sites for hydroxylation is 2. The molecule has 208 valence electrons. The molecule has 1 saturated heterocycles. The summed E-state index contributed by atoms with van der Waals surface area (Å²) in [6, 6.07) is 24.6. The summed E-state index contributed by atoms with van der Waals surface area (Å²) in [4.78, 5) is 39.5. The van der Waals surface area contributed by atoms with Gasteiger partial charge in [-0.2, -0.15) is 0 Å². The zero-order valence-corrected chi connectivity index (χ0v) is 24.4. The minimum atomic E-state index is -0.482. The Labute approximate surface area is 247 Å². The fourth-order valence-electron chi connectivity index (χ4n) is 4.64. The highest BCUT2D eigenvalue weighted by Crippen LogP contribution is 2.34. The lowest BCUT2D eigenvalue weighted by Crippen LogP contribution is -2.36. The second kappa shape index (κ2) is 12.1. The Balaban J connectivity index is 1.28. The van der Waals surface area contributed by atoms with E-state index in [4.69, 9.17) is 16.3 Å². The molecule has 41 heavy (non-hydrogen) atoms. The highest BCUT2D eigenvalue weighted by Gasteiger charge is 2.36.